The minimum atomic E-state index is -5.82. The van der Waals surface area contributed by atoms with Crippen LogP contribution in [0, 0.1) is 0 Å². The zero-order valence-corrected chi connectivity index (χ0v) is 13.3. The Morgan fingerprint density at radius 1 is 1.20 bits per heavy atom. The molecule has 0 aromatic heterocycles. The first-order valence-electron chi connectivity index (χ1n) is 1.25. The van der Waals surface area contributed by atoms with Crippen molar-refractivity contribution in [3.05, 3.63) is 0 Å². The van der Waals surface area contributed by atoms with E-state index in [9.17, 15) is 21.7 Å². The van der Waals surface area contributed by atoms with Gasteiger partial charge in [-0.3, -0.25) is 8.76 Å². The molecule has 0 aliphatic rings. The zero-order chi connectivity index (χ0) is 7.00. The molecule has 6 nitrogen and oxygen atoms in total. The van der Waals surface area contributed by atoms with Gasteiger partial charge in [0.05, 0.1) is 0 Å². The summed E-state index contributed by atoms with van der Waals surface area (Å²) in [4.78, 5) is 0. The summed E-state index contributed by atoms with van der Waals surface area (Å²) in [6, 6.07) is 0. The Morgan fingerprint density at radius 2 is 1.30 bits per heavy atom. The first-order valence-corrected chi connectivity index (χ1v) is 4.83. The van der Waals surface area contributed by atoms with Crippen molar-refractivity contribution in [2.24, 2.45) is 0 Å². The summed E-state index contributed by atoms with van der Waals surface area (Å²) in [6.07, 6.45) is 0. The summed E-state index contributed by atoms with van der Waals surface area (Å²) in [5, 5.41) is 0. The van der Waals surface area contributed by atoms with Gasteiger partial charge in [-0.15, -0.1) is 9.53 Å². The zero-order valence-electron chi connectivity index (χ0n) is 5.34. The summed E-state index contributed by atoms with van der Waals surface area (Å²) < 4.78 is 53.9. The molecule has 0 heterocycles. The molecule has 1 N–H and O–H groups in total. The molecule has 52 valence electrons. The van der Waals surface area contributed by atoms with E-state index < -0.39 is 18.7 Å². The largest absolute Gasteiger partial charge is 1.00 e. The summed E-state index contributed by atoms with van der Waals surface area (Å²) in [6.45, 7) is 0. The van der Waals surface area contributed by atoms with Gasteiger partial charge in [0.25, 0.3) is 0 Å². The molecular weight excluding hydrogens is 238 g/mol. The first kappa shape index (κ1) is 18.9. The first-order chi connectivity index (χ1) is 3.25. The van der Waals surface area contributed by atoms with Gasteiger partial charge in [-0.25, -0.2) is 0 Å². The molecule has 0 fully saturated rings. The number of hydrogen-bond donors (Lipinski definition) is 2. The third-order valence-electron chi connectivity index (χ3n) is 0.283. The predicted octanol–water partition coefficient (Wildman–Crippen LogP) is -7.93. The Morgan fingerprint density at radius 3 is 1.30 bits per heavy atom. The monoisotopic (exact) mass is 240 g/mol. The fourth-order valence-electron chi connectivity index (χ4n) is 0. The van der Waals surface area contributed by atoms with Gasteiger partial charge < -0.3 is 9.11 Å². The molecule has 10 heavy (non-hydrogen) atoms. The third kappa shape index (κ3) is 7.88. The van der Waals surface area contributed by atoms with E-state index in [0.29, 0.717) is 0 Å². The molecule has 10 heteroatoms. The molecule has 0 rings (SSSR count). The van der Waals surface area contributed by atoms with Gasteiger partial charge in [-0.2, -0.15) is 8.42 Å². The Hall–Kier alpha value is 3.25. The van der Waals surface area contributed by atoms with Crippen molar-refractivity contribution in [1.29, 1.82) is 0 Å². The molecule has 0 amide bonds. The Bertz CT molecular complexity index is 208. The van der Waals surface area contributed by atoms with Gasteiger partial charge in [0.1, 0.15) is 0 Å². The van der Waals surface area contributed by atoms with Crippen LogP contribution in [0.5, 0.6) is 0 Å². The predicted molar refractivity (Wildman–Crippen MR) is 22.6 cm³/mol. The molecule has 0 atom stereocenters. The van der Waals surface area contributed by atoms with Crippen LogP contribution in [-0.4, -0.2) is 26.3 Å². The second-order valence-electron chi connectivity index (χ2n) is 0.895. The third-order valence-corrected chi connectivity index (χ3v) is 2.54. The average Bonchev–Trinajstić information content (AvgIpc) is 1.25. The molecule has 0 aliphatic carbocycles. The van der Waals surface area contributed by atoms with Crippen molar-refractivity contribution < 1.29 is 129 Å². The standard InChI is InChI=1S/2K.H4O6S2/c;;1-7(2,3)8(4,5)6/h;;7H,(H2,1,2,3)(H,4,5,6)/q2*+1;/p-2. The second kappa shape index (κ2) is 6.67. The van der Waals surface area contributed by atoms with Crippen molar-refractivity contribution in [2.75, 3.05) is 0 Å². The maximum absolute atomic E-state index is 9.32. The molecule has 0 aliphatic heterocycles. The molecule has 0 saturated carbocycles. The number of hydrogen-bond acceptors (Lipinski definition) is 5. The summed E-state index contributed by atoms with van der Waals surface area (Å²) in [5.41, 5.74) is 0. The van der Waals surface area contributed by atoms with E-state index in [1.165, 1.54) is 0 Å². The normalized spacial score (nSPS) is 12.7. The molecule has 0 aromatic rings. The SMILES string of the molecule is O=S(=O)(O)[SH](=O)([O-])[O-].[K+].[K+]. The molecule has 0 unspecified atom stereocenters. The van der Waals surface area contributed by atoms with Crippen LogP contribution in [0.3, 0.4) is 0 Å². The number of rotatable bonds is 1. The van der Waals surface area contributed by atoms with E-state index >= 15 is 0 Å². The Balaban J connectivity index is -0.000000245. The van der Waals surface area contributed by atoms with Crippen LogP contribution in [0.1, 0.15) is 0 Å². The smallest absolute Gasteiger partial charge is 0.788 e. The van der Waals surface area contributed by atoms with Gasteiger partial charge >= 0.3 is 112 Å². The van der Waals surface area contributed by atoms with Gasteiger partial charge in [0.2, 0.25) is 0 Å². The topological polar surface area (TPSA) is 118 Å². The fourth-order valence-corrected chi connectivity index (χ4v) is 0. The minimum absolute atomic E-state index is 0. The molecule has 0 saturated heterocycles. The van der Waals surface area contributed by atoms with Crippen LogP contribution in [-0.2, 0) is 18.7 Å². The van der Waals surface area contributed by atoms with Crippen molar-refractivity contribution in [1.82, 2.24) is 0 Å². The van der Waals surface area contributed by atoms with E-state index in [1.807, 2.05) is 0 Å². The van der Waals surface area contributed by atoms with Crippen molar-refractivity contribution in [3.8, 4) is 0 Å². The van der Waals surface area contributed by atoms with E-state index in [2.05, 4.69) is 0 Å². The van der Waals surface area contributed by atoms with E-state index in [0.717, 1.165) is 0 Å². The molecular formula is H2K2O6S2. The molecule has 0 radical (unpaired) electrons. The van der Waals surface area contributed by atoms with Crippen LogP contribution in [0.15, 0.2) is 0 Å². The van der Waals surface area contributed by atoms with Gasteiger partial charge in [0.15, 0.2) is 0 Å². The van der Waals surface area contributed by atoms with Crippen LogP contribution < -0.4 is 103 Å². The van der Waals surface area contributed by atoms with Crippen LogP contribution in [0.2, 0.25) is 0 Å². The minimum Gasteiger partial charge on any atom is -0.788 e. The summed E-state index contributed by atoms with van der Waals surface area (Å²) in [7, 11) is -11.2. The van der Waals surface area contributed by atoms with Crippen molar-refractivity contribution in [3.63, 3.8) is 0 Å². The quantitative estimate of drug-likeness (QED) is 0.203. The van der Waals surface area contributed by atoms with Gasteiger partial charge in [-0.05, 0) is 0 Å². The summed E-state index contributed by atoms with van der Waals surface area (Å²) >= 11 is 0. The number of thiol groups is 1. The maximum Gasteiger partial charge on any atom is 1.00 e. The molecule has 0 aromatic carbocycles. The summed E-state index contributed by atoms with van der Waals surface area (Å²) in [5.74, 6) is 0. The second-order valence-corrected chi connectivity index (χ2v) is 5.41. The van der Waals surface area contributed by atoms with E-state index in [-0.39, 0.29) is 103 Å². The average molecular weight is 240 g/mol. The molecule has 0 spiro atoms. The van der Waals surface area contributed by atoms with Crippen LogP contribution >= 0.6 is 0 Å². The van der Waals surface area contributed by atoms with E-state index in [4.69, 9.17) is 4.55 Å². The molecule has 0 bridgehead atoms. The fraction of sp³-hybridized carbons (Fsp3) is 0. The van der Waals surface area contributed by atoms with Crippen LogP contribution in [0.4, 0.5) is 0 Å². The van der Waals surface area contributed by atoms with Crippen molar-refractivity contribution in [2.45, 2.75) is 0 Å². The van der Waals surface area contributed by atoms with Crippen molar-refractivity contribution >= 4 is 18.7 Å². The Kier molecular flexibility index (Phi) is 12.6. The Labute approximate surface area is 144 Å². The van der Waals surface area contributed by atoms with Gasteiger partial charge in [-0.1, -0.05) is 0 Å². The van der Waals surface area contributed by atoms with E-state index in [1.54, 1.807) is 0 Å². The van der Waals surface area contributed by atoms with Crippen LogP contribution in [0.25, 0.3) is 0 Å². The van der Waals surface area contributed by atoms with Gasteiger partial charge in [0, 0.05) is 0 Å². The maximum atomic E-state index is 9.32.